The maximum Gasteiger partial charge on any atom is 1.00 e. The third kappa shape index (κ3) is 39.8. The molecule has 40 nitrogen and oxygen atoms in total. The summed E-state index contributed by atoms with van der Waals surface area (Å²) in [6.45, 7) is -1.07. The Hall–Kier alpha value is 4.48. The zero-order valence-electron chi connectivity index (χ0n) is 47.7. The molecule has 2 aromatic heterocycles. The Morgan fingerprint density at radius 1 is 0.512 bits per heavy atom. The van der Waals surface area contributed by atoms with Crippen LogP contribution in [0, 0.1) is 0 Å². The minimum Gasteiger partial charge on any atom is -0.790 e. The van der Waals surface area contributed by atoms with E-state index < -0.39 is 144 Å². The number of aliphatic hydroxyl groups excluding tert-OH is 2. The van der Waals surface area contributed by atoms with Gasteiger partial charge in [-0.25, -0.2) is 27.8 Å². The Bertz CT molecular complexity index is 2880. The van der Waals surface area contributed by atoms with Gasteiger partial charge in [-0.3, -0.25) is 55.6 Å². The molecule has 448 valence electrons. The van der Waals surface area contributed by atoms with Crippen LogP contribution in [0.2, 0.25) is 0 Å². The van der Waals surface area contributed by atoms with Gasteiger partial charge in [0, 0.05) is 37.6 Å². The van der Waals surface area contributed by atoms with Crippen LogP contribution in [0.1, 0.15) is 63.8 Å². The van der Waals surface area contributed by atoms with E-state index in [1.807, 2.05) is 9.97 Å². The largest absolute Gasteiger partial charge is 1.00 e. The van der Waals surface area contributed by atoms with Gasteiger partial charge in [0.25, 0.3) is 42.4 Å². The number of alkyl carbamates (subject to hydrolysis) is 2. The van der Waals surface area contributed by atoms with Crippen molar-refractivity contribution in [2.24, 2.45) is 11.5 Å². The Morgan fingerprint density at radius 2 is 0.860 bits per heavy atom. The van der Waals surface area contributed by atoms with Gasteiger partial charge in [0.15, 0.2) is 24.7 Å². The van der Waals surface area contributed by atoms with Gasteiger partial charge in [-0.05, 0) is 38.8 Å². The minimum atomic E-state index is -6.25. The summed E-state index contributed by atoms with van der Waals surface area (Å²) < 4.78 is 111. The molecule has 0 bridgehead atoms. The molecule has 0 radical (unpaired) electrons. The molecule has 2 aromatic rings. The van der Waals surface area contributed by atoms with Gasteiger partial charge in [0.2, 0.25) is 0 Å². The van der Waals surface area contributed by atoms with Crippen molar-refractivity contribution in [2.75, 3.05) is 39.4 Å². The molecule has 12 unspecified atom stereocenters. The number of aromatic nitrogens is 4. The minimum absolute atomic E-state index is 0. The second-order valence-electron chi connectivity index (χ2n) is 15.7. The van der Waals surface area contributed by atoms with Gasteiger partial charge in [-0.2, -0.15) is 0 Å². The number of carbonyl (C=O) groups excluding carboxylic acids is 2. The van der Waals surface area contributed by atoms with Crippen LogP contribution in [0.25, 0.3) is 0 Å². The summed E-state index contributed by atoms with van der Waals surface area (Å²) in [6.07, 6.45) is -8.34. The molecule has 0 aromatic carbocycles. The van der Waals surface area contributed by atoms with Crippen LogP contribution in [-0.2, 0) is 72.6 Å². The number of H-pyrrole nitrogens is 2. The number of hydrogen-bond acceptors (Lipinski definition) is 34. The Morgan fingerprint density at radius 3 is 1.23 bits per heavy atom. The maximum absolute atomic E-state index is 12.3. The third-order valence-electron chi connectivity index (χ3n) is 9.75. The number of nitrogens with two attached hydrogens (primary N) is 2. The van der Waals surface area contributed by atoms with Gasteiger partial charge in [-0.15, -0.1) is 0 Å². The van der Waals surface area contributed by atoms with Gasteiger partial charge >= 0.3 is 260 Å². The number of aliphatic hydroxyl groups is 2. The van der Waals surface area contributed by atoms with E-state index in [2.05, 4.69) is 36.9 Å². The van der Waals surface area contributed by atoms with Crippen LogP contribution in [-0.4, -0.2) is 118 Å². The van der Waals surface area contributed by atoms with E-state index in [0.717, 1.165) is 63.1 Å². The fraction of sp³-hybridized carbons (Fsp3) is 0.688. The van der Waals surface area contributed by atoms with Crippen molar-refractivity contribution >= 4 is 59.1 Å². The normalized spacial score (nSPS) is 22.3. The molecule has 2 aliphatic heterocycles. The predicted octanol–water partition coefficient (Wildman–Crippen LogP) is -31.5. The van der Waals surface area contributed by atoms with E-state index >= 15 is 0 Å². The molecule has 2 fully saturated rings. The number of unbranched alkanes of at least 4 members (excludes halogenated alkanes) is 6. The van der Waals surface area contributed by atoms with E-state index in [-0.39, 0.29) is 250 Å². The molecule has 2 amide bonds. The molecule has 4 heterocycles. The summed E-state index contributed by atoms with van der Waals surface area (Å²) in [5.41, 5.74) is 7.08. The van der Waals surface area contributed by atoms with E-state index in [9.17, 15) is 106 Å². The average Bonchev–Trinajstić information content (AvgIpc) is 3.75. The molecular weight excluding hydrogens is 1380 g/mol. The van der Waals surface area contributed by atoms with Crippen LogP contribution in [0.5, 0.6) is 0 Å². The number of aromatic amines is 2. The van der Waals surface area contributed by atoms with Crippen molar-refractivity contribution in [3.63, 3.8) is 0 Å². The number of amides is 2. The molecule has 54 heteroatoms. The number of carbonyl (C=O) groups is 2. The SMILES string of the molecule is NCCCCCCNC(=O)OC1C(COP(=O)([O-])OP(=O)([O-])OP(=O)([O-])[O-])OC(n2ccc(=O)[nH]c2=O)C1O.NCCCCCCNC(=O)OC1C(O)C(COP(=O)([O-])OP(=O)([O-])OP(=O)([O-])[O-])OC1n1ccc(=O)[nH]c1=O.[Na+].[Na+].[Na+].[Na+].[Na+].[Na+].[Na+].[Na+]. The Balaban J connectivity index is -0.000000340. The summed E-state index contributed by atoms with van der Waals surface area (Å²) in [6, 6.07) is 1.79. The zero-order chi connectivity index (χ0) is 58.9. The quantitative estimate of drug-likeness (QED) is 0.0205. The molecule has 10 N–H and O–H groups in total. The molecule has 0 aliphatic carbocycles. The maximum atomic E-state index is 12.3. The molecule has 12 atom stereocenters. The number of nitrogens with zero attached hydrogens (tertiary/aromatic N) is 2. The van der Waals surface area contributed by atoms with Crippen LogP contribution >= 0.6 is 46.9 Å². The summed E-state index contributed by atoms with van der Waals surface area (Å²) in [5, 5.41) is 26.1. The van der Waals surface area contributed by atoms with Crippen molar-refractivity contribution in [1.82, 2.24) is 29.7 Å². The van der Waals surface area contributed by atoms with Gasteiger partial charge in [0.05, 0.1) is 28.9 Å². The first-order valence-electron chi connectivity index (χ1n) is 22.1. The number of rotatable bonds is 30. The molecule has 2 saturated heterocycles. The zero-order valence-corrected chi connectivity index (χ0v) is 69.1. The molecule has 0 spiro atoms. The molecule has 2 aliphatic rings. The van der Waals surface area contributed by atoms with E-state index in [4.69, 9.17) is 30.4 Å². The fourth-order valence-electron chi connectivity index (χ4n) is 6.54. The van der Waals surface area contributed by atoms with Crippen molar-refractivity contribution in [3.05, 3.63) is 66.2 Å². The van der Waals surface area contributed by atoms with Gasteiger partial charge in [-0.1, -0.05) is 25.7 Å². The van der Waals surface area contributed by atoms with Gasteiger partial charge in [0.1, 0.15) is 24.4 Å². The monoisotopic (exact) mass is 1430 g/mol. The summed E-state index contributed by atoms with van der Waals surface area (Å²) in [7, 11) is -36.8. The first-order chi connectivity index (χ1) is 36.1. The standard InChI is InChI=1S/2C16H29N4O16P3.8Na/c17-6-3-1-2-4-7-18-16(24)34-13-10(9-32-38(28,29)36-39(30,31)35-37(25,26)27)33-14(12(13)22)20-8-5-11(21)19-15(20)23;17-6-3-1-2-4-7-18-16(24)34-13-12(22)10(33-14(13)20-8-5-11(21)19-15(20)23)9-32-38(28,29)36-39(30,31)35-37(25,26)27;;;;;;;;/h2*5,8,10,12-14,22H,1-4,6-7,9,17H2,(H,18,24)(H,28,29)(H,30,31)(H,19,21,23)(H2,25,26,27);;;;;;;;/q;;8*+1/p-8. The first-order valence-corrected chi connectivity index (χ1v) is 30.9. The number of phosphoric ester groups is 2. The van der Waals surface area contributed by atoms with Crippen molar-refractivity contribution in [2.45, 2.75) is 100 Å². The Labute approximate surface area is 664 Å². The van der Waals surface area contributed by atoms with Crippen LogP contribution in [0.3, 0.4) is 0 Å². The molecule has 86 heavy (non-hydrogen) atoms. The smallest absolute Gasteiger partial charge is 0.790 e. The van der Waals surface area contributed by atoms with Crippen molar-refractivity contribution in [3.8, 4) is 0 Å². The number of ether oxygens (including phenoxy) is 4. The Kier molecular flexibility index (Phi) is 57.0. The van der Waals surface area contributed by atoms with E-state index in [1.165, 1.54) is 0 Å². The topological polar surface area (TPSA) is 640 Å². The predicted molar refractivity (Wildman–Crippen MR) is 236 cm³/mol. The molecule has 4 rings (SSSR count). The molecular formula is C32H50N8Na8O32P6. The summed E-state index contributed by atoms with van der Waals surface area (Å²) in [4.78, 5) is 164. The second kappa shape index (κ2) is 48.3. The van der Waals surface area contributed by atoms with Gasteiger partial charge < -0.3 is 109 Å². The number of hydrogen-bond donors (Lipinski definition) is 8. The number of nitrogens with one attached hydrogen (secondary N) is 4. The fourth-order valence-corrected chi connectivity index (χ4v) is 12.3. The second-order valence-corrected chi connectivity index (χ2v) is 24.2. The summed E-state index contributed by atoms with van der Waals surface area (Å²) in [5.74, 6) is 0. The average molecular weight is 1430 g/mol. The first kappa shape index (κ1) is 102. The van der Waals surface area contributed by atoms with Crippen LogP contribution in [0.15, 0.2) is 43.7 Å². The molecule has 0 saturated carbocycles. The summed E-state index contributed by atoms with van der Waals surface area (Å²) >= 11 is 0. The number of phosphoric acid groups is 6. The third-order valence-corrected chi connectivity index (χ3v) is 17.1. The van der Waals surface area contributed by atoms with Crippen LogP contribution in [0.4, 0.5) is 9.59 Å². The van der Waals surface area contributed by atoms with E-state index in [0.29, 0.717) is 35.1 Å². The van der Waals surface area contributed by atoms with Crippen molar-refractivity contribution in [1.29, 1.82) is 0 Å². The van der Waals surface area contributed by atoms with E-state index in [1.54, 1.807) is 0 Å². The van der Waals surface area contributed by atoms with Crippen molar-refractivity contribution < 1.29 is 368 Å². The van der Waals surface area contributed by atoms with Crippen LogP contribution < -0.4 is 320 Å².